The normalized spacial score (nSPS) is 14.2. The predicted molar refractivity (Wildman–Crippen MR) is 63.3 cm³/mol. The Morgan fingerprint density at radius 1 is 1.35 bits per heavy atom. The van der Waals surface area contributed by atoms with Crippen LogP contribution in [0.3, 0.4) is 0 Å². The number of nitrogens with zero attached hydrogens (tertiary/aromatic N) is 1. The van der Waals surface area contributed by atoms with Crippen molar-refractivity contribution in [1.82, 2.24) is 5.16 Å². The Bertz CT molecular complexity index is 589. The maximum Gasteiger partial charge on any atom is 0.224 e. The lowest BCUT2D eigenvalue weighted by Gasteiger charge is -2.18. The Morgan fingerprint density at radius 3 is 3.00 bits per heavy atom. The first-order valence-corrected chi connectivity index (χ1v) is 5.38. The number of benzene rings is 1. The summed E-state index contributed by atoms with van der Waals surface area (Å²) in [4.78, 5) is 11.4. The van der Waals surface area contributed by atoms with Gasteiger partial charge in [-0.15, -0.1) is 0 Å². The van der Waals surface area contributed by atoms with E-state index in [0.29, 0.717) is 18.0 Å². The van der Waals surface area contributed by atoms with E-state index in [9.17, 15) is 4.79 Å². The minimum atomic E-state index is 0.0254. The SMILES string of the molecule is Nc1cc(-c2cccc3c2NC(=O)CC3)on1. The van der Waals surface area contributed by atoms with Gasteiger partial charge in [0.1, 0.15) is 0 Å². The minimum Gasteiger partial charge on any atom is -0.381 e. The van der Waals surface area contributed by atoms with Crippen LogP contribution in [0.15, 0.2) is 28.8 Å². The number of nitrogen functional groups attached to an aromatic ring is 1. The van der Waals surface area contributed by atoms with Crippen LogP contribution < -0.4 is 11.1 Å². The zero-order chi connectivity index (χ0) is 11.8. The van der Waals surface area contributed by atoms with Gasteiger partial charge in [0, 0.05) is 18.1 Å². The summed E-state index contributed by atoms with van der Waals surface area (Å²) < 4.78 is 5.13. The molecule has 3 N–H and O–H groups in total. The number of carbonyl (C=O) groups excluding carboxylic acids is 1. The second-order valence-corrected chi connectivity index (χ2v) is 4.00. The van der Waals surface area contributed by atoms with E-state index >= 15 is 0 Å². The monoisotopic (exact) mass is 229 g/mol. The number of hydrogen-bond donors (Lipinski definition) is 2. The quantitative estimate of drug-likeness (QED) is 0.781. The van der Waals surface area contributed by atoms with Crippen molar-refractivity contribution in [2.24, 2.45) is 0 Å². The Balaban J connectivity index is 2.14. The van der Waals surface area contributed by atoms with Gasteiger partial charge in [-0.3, -0.25) is 4.79 Å². The van der Waals surface area contributed by atoms with Gasteiger partial charge >= 0.3 is 0 Å². The molecule has 86 valence electrons. The number of amides is 1. The third-order valence-corrected chi connectivity index (χ3v) is 2.83. The molecule has 0 saturated carbocycles. The number of fused-ring (bicyclic) bond motifs is 1. The summed E-state index contributed by atoms with van der Waals surface area (Å²) in [5.74, 6) is 0.929. The smallest absolute Gasteiger partial charge is 0.224 e. The van der Waals surface area contributed by atoms with E-state index in [1.54, 1.807) is 6.07 Å². The van der Waals surface area contributed by atoms with Crippen LogP contribution in [0.1, 0.15) is 12.0 Å². The highest BCUT2D eigenvalue weighted by atomic mass is 16.5. The fraction of sp³-hybridized carbons (Fsp3) is 0.167. The fourth-order valence-corrected chi connectivity index (χ4v) is 2.03. The average Bonchev–Trinajstić information content (AvgIpc) is 2.75. The number of nitrogens with two attached hydrogens (primary N) is 1. The van der Waals surface area contributed by atoms with E-state index in [0.717, 1.165) is 23.2 Å². The standard InChI is InChI=1S/C12H11N3O2/c13-10-6-9(17-15-10)8-3-1-2-7-4-5-11(16)14-12(7)8/h1-3,6H,4-5H2,(H2,13,15)(H,14,16). The van der Waals surface area contributed by atoms with Crippen LogP contribution in [-0.4, -0.2) is 11.1 Å². The van der Waals surface area contributed by atoms with Crippen LogP contribution in [0, 0.1) is 0 Å². The molecule has 0 radical (unpaired) electrons. The number of aromatic nitrogens is 1. The van der Waals surface area contributed by atoms with Gasteiger partial charge in [0.25, 0.3) is 0 Å². The zero-order valence-corrected chi connectivity index (χ0v) is 9.06. The van der Waals surface area contributed by atoms with Crippen LogP contribution in [0.25, 0.3) is 11.3 Å². The van der Waals surface area contributed by atoms with Crippen LogP contribution in [0.4, 0.5) is 11.5 Å². The summed E-state index contributed by atoms with van der Waals surface area (Å²) in [7, 11) is 0. The highest BCUT2D eigenvalue weighted by Crippen LogP contribution is 2.34. The molecule has 5 nitrogen and oxygen atoms in total. The first-order valence-electron chi connectivity index (χ1n) is 5.38. The van der Waals surface area contributed by atoms with Crippen LogP contribution in [0.2, 0.25) is 0 Å². The van der Waals surface area contributed by atoms with Crippen molar-refractivity contribution in [3.63, 3.8) is 0 Å². The molecule has 1 aromatic heterocycles. The highest BCUT2D eigenvalue weighted by Gasteiger charge is 2.20. The highest BCUT2D eigenvalue weighted by molar-refractivity contribution is 5.98. The number of anilines is 2. The molecule has 1 aliphatic rings. The second-order valence-electron chi connectivity index (χ2n) is 4.00. The van der Waals surface area contributed by atoms with Gasteiger partial charge < -0.3 is 15.6 Å². The van der Waals surface area contributed by atoms with Gasteiger partial charge in [-0.25, -0.2) is 0 Å². The van der Waals surface area contributed by atoms with Crippen molar-refractivity contribution >= 4 is 17.4 Å². The molecule has 1 amide bonds. The lowest BCUT2D eigenvalue weighted by atomic mass is 9.98. The third kappa shape index (κ3) is 1.65. The van der Waals surface area contributed by atoms with Crippen LogP contribution in [-0.2, 0) is 11.2 Å². The van der Waals surface area contributed by atoms with Crippen molar-refractivity contribution in [2.45, 2.75) is 12.8 Å². The number of para-hydroxylation sites is 1. The second kappa shape index (κ2) is 3.62. The molecule has 2 heterocycles. The molecule has 1 aromatic carbocycles. The molecule has 0 atom stereocenters. The molecule has 1 aliphatic heterocycles. The Kier molecular flexibility index (Phi) is 2.11. The summed E-state index contributed by atoms with van der Waals surface area (Å²) in [6.07, 6.45) is 1.27. The molecule has 0 aliphatic carbocycles. The molecule has 2 aromatic rings. The van der Waals surface area contributed by atoms with E-state index in [4.69, 9.17) is 10.3 Å². The maximum absolute atomic E-state index is 11.4. The van der Waals surface area contributed by atoms with Gasteiger partial charge in [0.15, 0.2) is 11.6 Å². The maximum atomic E-state index is 11.4. The molecule has 5 heteroatoms. The molecular weight excluding hydrogens is 218 g/mol. The summed E-state index contributed by atoms with van der Waals surface area (Å²) in [6, 6.07) is 7.46. The van der Waals surface area contributed by atoms with Crippen molar-refractivity contribution in [3.8, 4) is 11.3 Å². The summed E-state index contributed by atoms with van der Waals surface area (Å²) in [5.41, 5.74) is 8.26. The molecule has 3 rings (SSSR count). The first-order chi connectivity index (χ1) is 8.24. The molecule has 0 fully saturated rings. The number of aryl methyl sites for hydroxylation is 1. The summed E-state index contributed by atoms with van der Waals surface area (Å²) in [6.45, 7) is 0. The largest absolute Gasteiger partial charge is 0.381 e. The Labute approximate surface area is 97.6 Å². The Hall–Kier alpha value is -2.30. The van der Waals surface area contributed by atoms with Crippen molar-refractivity contribution in [3.05, 3.63) is 29.8 Å². The molecule has 0 saturated heterocycles. The van der Waals surface area contributed by atoms with E-state index in [1.165, 1.54) is 0 Å². The van der Waals surface area contributed by atoms with E-state index in [2.05, 4.69) is 10.5 Å². The van der Waals surface area contributed by atoms with Gasteiger partial charge in [0.2, 0.25) is 5.91 Å². The molecule has 0 spiro atoms. The van der Waals surface area contributed by atoms with Crippen LogP contribution >= 0.6 is 0 Å². The van der Waals surface area contributed by atoms with Gasteiger partial charge in [-0.1, -0.05) is 17.3 Å². The van der Waals surface area contributed by atoms with Gasteiger partial charge in [0.05, 0.1) is 5.69 Å². The molecule has 17 heavy (non-hydrogen) atoms. The number of hydrogen-bond acceptors (Lipinski definition) is 4. The molecule has 0 bridgehead atoms. The lowest BCUT2D eigenvalue weighted by molar-refractivity contribution is -0.116. The summed E-state index contributed by atoms with van der Waals surface area (Å²) >= 11 is 0. The lowest BCUT2D eigenvalue weighted by Crippen LogP contribution is -2.19. The summed E-state index contributed by atoms with van der Waals surface area (Å²) in [5, 5.41) is 6.52. The molecular formula is C12H11N3O2. The fourth-order valence-electron chi connectivity index (χ4n) is 2.03. The Morgan fingerprint density at radius 2 is 2.24 bits per heavy atom. The first kappa shape index (κ1) is 9.89. The zero-order valence-electron chi connectivity index (χ0n) is 9.06. The van der Waals surface area contributed by atoms with Crippen molar-refractivity contribution in [1.29, 1.82) is 0 Å². The van der Waals surface area contributed by atoms with Crippen molar-refractivity contribution in [2.75, 3.05) is 11.1 Å². The average molecular weight is 229 g/mol. The predicted octanol–water partition coefficient (Wildman–Crippen LogP) is 1.81. The molecule has 0 unspecified atom stereocenters. The third-order valence-electron chi connectivity index (χ3n) is 2.83. The number of carbonyl (C=O) groups is 1. The van der Waals surface area contributed by atoms with Crippen LogP contribution in [0.5, 0.6) is 0 Å². The number of rotatable bonds is 1. The van der Waals surface area contributed by atoms with Crippen molar-refractivity contribution < 1.29 is 9.32 Å². The van der Waals surface area contributed by atoms with E-state index in [1.807, 2.05) is 18.2 Å². The number of nitrogens with one attached hydrogen (secondary N) is 1. The van der Waals surface area contributed by atoms with E-state index in [-0.39, 0.29) is 5.91 Å². The van der Waals surface area contributed by atoms with Gasteiger partial charge in [-0.05, 0) is 18.1 Å². The minimum absolute atomic E-state index is 0.0254. The van der Waals surface area contributed by atoms with Gasteiger partial charge in [-0.2, -0.15) is 0 Å². The topological polar surface area (TPSA) is 81.1 Å². The van der Waals surface area contributed by atoms with E-state index < -0.39 is 0 Å².